The maximum Gasteiger partial charge on any atom is 0.416 e. The Morgan fingerprint density at radius 1 is 1.15 bits per heavy atom. The van der Waals surface area contributed by atoms with Crippen LogP contribution in [0.3, 0.4) is 0 Å². The number of hydrogen-bond donors (Lipinski definition) is 1. The normalized spacial score (nSPS) is 19.4. The molecule has 0 saturated heterocycles. The number of aliphatic hydroxyl groups is 1. The standard InChI is InChI=1S/C11H7F6NO2/c12-10(13,14)4-18-8(19)6-2-1-5(11(15,16)17)3-7(6)9(18)20/h1-3,9,20H,4H2/t9-/m0/s1. The first-order chi connectivity index (χ1) is 9.00. The van der Waals surface area contributed by atoms with E-state index in [1.807, 2.05) is 0 Å². The number of rotatable bonds is 1. The van der Waals surface area contributed by atoms with Gasteiger partial charge in [-0.2, -0.15) is 26.3 Å². The lowest BCUT2D eigenvalue weighted by Gasteiger charge is -2.22. The Hall–Kier alpha value is -1.77. The molecule has 1 aromatic rings. The summed E-state index contributed by atoms with van der Waals surface area (Å²) in [5, 5.41) is 9.60. The van der Waals surface area contributed by atoms with Gasteiger partial charge in [-0.25, -0.2) is 0 Å². The highest BCUT2D eigenvalue weighted by Crippen LogP contribution is 2.38. The molecule has 0 aliphatic carbocycles. The largest absolute Gasteiger partial charge is 0.416 e. The van der Waals surface area contributed by atoms with Crippen molar-refractivity contribution >= 4 is 5.91 Å². The Kier molecular flexibility index (Phi) is 3.20. The zero-order chi connectivity index (χ0) is 15.3. The molecule has 1 aromatic carbocycles. The molecule has 0 radical (unpaired) electrons. The van der Waals surface area contributed by atoms with Gasteiger partial charge in [0, 0.05) is 11.1 Å². The number of halogens is 6. The van der Waals surface area contributed by atoms with Crippen molar-refractivity contribution in [2.45, 2.75) is 18.6 Å². The van der Waals surface area contributed by atoms with E-state index >= 15 is 0 Å². The van der Waals surface area contributed by atoms with Crippen LogP contribution in [0.25, 0.3) is 0 Å². The second-order valence-corrected chi connectivity index (χ2v) is 4.22. The molecule has 20 heavy (non-hydrogen) atoms. The first kappa shape index (κ1) is 14.6. The number of fused-ring (bicyclic) bond motifs is 1. The van der Waals surface area contributed by atoms with E-state index < -0.39 is 42.2 Å². The van der Waals surface area contributed by atoms with E-state index in [0.717, 1.165) is 6.07 Å². The number of carbonyl (C=O) groups excluding carboxylic acids is 1. The van der Waals surface area contributed by atoms with Gasteiger partial charge >= 0.3 is 12.4 Å². The molecule has 1 aliphatic heterocycles. The SMILES string of the molecule is O=C1c2ccc(C(F)(F)F)cc2[C@H](O)N1CC(F)(F)F. The molecule has 0 bridgehead atoms. The van der Waals surface area contributed by atoms with Crippen molar-refractivity contribution in [1.82, 2.24) is 4.90 Å². The fourth-order valence-electron chi connectivity index (χ4n) is 1.93. The Morgan fingerprint density at radius 2 is 1.75 bits per heavy atom. The third-order valence-electron chi connectivity index (χ3n) is 2.79. The molecular formula is C11H7F6NO2. The fraction of sp³-hybridized carbons (Fsp3) is 0.364. The smallest absolute Gasteiger partial charge is 0.369 e. The zero-order valence-corrected chi connectivity index (χ0v) is 9.59. The monoisotopic (exact) mass is 299 g/mol. The first-order valence-corrected chi connectivity index (χ1v) is 5.27. The summed E-state index contributed by atoms with van der Waals surface area (Å²) in [5.74, 6) is -1.15. The van der Waals surface area contributed by atoms with E-state index in [1.165, 1.54) is 0 Å². The third kappa shape index (κ3) is 2.58. The number of amides is 1. The van der Waals surface area contributed by atoms with Gasteiger partial charge in [0.1, 0.15) is 6.54 Å². The fourth-order valence-corrected chi connectivity index (χ4v) is 1.93. The molecular weight excluding hydrogens is 292 g/mol. The van der Waals surface area contributed by atoms with Gasteiger partial charge < -0.3 is 5.11 Å². The Labute approximate surface area is 108 Å². The minimum atomic E-state index is -4.76. The van der Waals surface area contributed by atoms with Crippen LogP contribution >= 0.6 is 0 Å². The highest BCUT2D eigenvalue weighted by Gasteiger charge is 2.43. The van der Waals surface area contributed by atoms with Crippen molar-refractivity contribution in [2.24, 2.45) is 0 Å². The van der Waals surface area contributed by atoms with Crippen molar-refractivity contribution < 1.29 is 36.2 Å². The van der Waals surface area contributed by atoms with Crippen molar-refractivity contribution in [2.75, 3.05) is 6.54 Å². The van der Waals surface area contributed by atoms with Gasteiger partial charge in [-0.05, 0) is 18.2 Å². The quantitative estimate of drug-likeness (QED) is 0.810. The molecule has 1 heterocycles. The minimum Gasteiger partial charge on any atom is -0.369 e. The van der Waals surface area contributed by atoms with E-state index in [4.69, 9.17) is 0 Å². The molecule has 3 nitrogen and oxygen atoms in total. The summed E-state index contributed by atoms with van der Waals surface area (Å²) in [6, 6.07) is 1.83. The van der Waals surface area contributed by atoms with Crippen LogP contribution in [0.4, 0.5) is 26.3 Å². The van der Waals surface area contributed by atoms with Gasteiger partial charge in [0.15, 0.2) is 6.23 Å². The van der Waals surface area contributed by atoms with Gasteiger partial charge in [0.2, 0.25) is 0 Å². The molecule has 0 aromatic heterocycles. The summed E-state index contributed by atoms with van der Waals surface area (Å²) >= 11 is 0. The van der Waals surface area contributed by atoms with Crippen LogP contribution < -0.4 is 0 Å². The van der Waals surface area contributed by atoms with Crippen molar-refractivity contribution in [3.05, 3.63) is 34.9 Å². The number of carbonyl (C=O) groups is 1. The highest BCUT2D eigenvalue weighted by atomic mass is 19.4. The maximum absolute atomic E-state index is 12.5. The van der Waals surface area contributed by atoms with Crippen molar-refractivity contribution in [3.63, 3.8) is 0 Å². The number of aliphatic hydroxyl groups excluding tert-OH is 1. The van der Waals surface area contributed by atoms with E-state index in [2.05, 4.69) is 0 Å². The first-order valence-electron chi connectivity index (χ1n) is 5.27. The van der Waals surface area contributed by atoms with Gasteiger partial charge in [-0.3, -0.25) is 9.69 Å². The number of hydrogen-bond acceptors (Lipinski definition) is 2. The summed E-state index contributed by atoms with van der Waals surface area (Å²) in [4.78, 5) is 11.7. The van der Waals surface area contributed by atoms with E-state index in [0.29, 0.717) is 12.1 Å². The number of benzene rings is 1. The molecule has 0 spiro atoms. The lowest BCUT2D eigenvalue weighted by molar-refractivity contribution is -0.156. The maximum atomic E-state index is 12.5. The van der Waals surface area contributed by atoms with Crippen LogP contribution in [-0.2, 0) is 6.18 Å². The summed E-state index contributed by atoms with van der Waals surface area (Å²) in [5.41, 5.74) is -1.99. The van der Waals surface area contributed by atoms with Crippen LogP contribution in [0, 0.1) is 0 Å². The Bertz CT molecular complexity index is 551. The summed E-state index contributed by atoms with van der Waals surface area (Å²) in [6.45, 7) is -1.73. The van der Waals surface area contributed by atoms with Crippen LogP contribution in [0.1, 0.15) is 27.7 Å². The summed E-state index contributed by atoms with van der Waals surface area (Å²) < 4.78 is 74.2. The predicted molar refractivity (Wildman–Crippen MR) is 53.5 cm³/mol. The van der Waals surface area contributed by atoms with Gasteiger partial charge in [0.05, 0.1) is 5.56 Å². The molecule has 0 unspecified atom stereocenters. The predicted octanol–water partition coefficient (Wildman–Crippen LogP) is 2.71. The molecule has 0 saturated carbocycles. The second kappa shape index (κ2) is 4.37. The van der Waals surface area contributed by atoms with Crippen LogP contribution in [0.2, 0.25) is 0 Å². The van der Waals surface area contributed by atoms with Crippen LogP contribution in [-0.4, -0.2) is 28.6 Å². The van der Waals surface area contributed by atoms with E-state index in [9.17, 15) is 36.2 Å². The van der Waals surface area contributed by atoms with Crippen LogP contribution in [0.5, 0.6) is 0 Å². The molecule has 0 fully saturated rings. The lowest BCUT2D eigenvalue weighted by Crippen LogP contribution is -2.36. The van der Waals surface area contributed by atoms with Gasteiger partial charge in [-0.15, -0.1) is 0 Å². The van der Waals surface area contributed by atoms with Crippen molar-refractivity contribution in [3.8, 4) is 0 Å². The van der Waals surface area contributed by atoms with E-state index in [-0.39, 0.29) is 10.5 Å². The molecule has 1 atom stereocenters. The third-order valence-corrected chi connectivity index (χ3v) is 2.79. The molecule has 9 heteroatoms. The second-order valence-electron chi connectivity index (χ2n) is 4.22. The van der Waals surface area contributed by atoms with Gasteiger partial charge in [0.25, 0.3) is 5.91 Å². The molecule has 1 N–H and O–H groups in total. The summed E-state index contributed by atoms with van der Waals surface area (Å²) in [7, 11) is 0. The molecule has 1 aliphatic rings. The van der Waals surface area contributed by atoms with Crippen LogP contribution in [0.15, 0.2) is 18.2 Å². The molecule has 110 valence electrons. The number of nitrogens with zero attached hydrogens (tertiary/aromatic N) is 1. The Morgan fingerprint density at radius 3 is 2.25 bits per heavy atom. The average Bonchev–Trinajstić information content (AvgIpc) is 2.51. The van der Waals surface area contributed by atoms with Crippen molar-refractivity contribution in [1.29, 1.82) is 0 Å². The van der Waals surface area contributed by atoms with Gasteiger partial charge in [-0.1, -0.05) is 0 Å². The highest BCUT2D eigenvalue weighted by molar-refractivity contribution is 5.99. The zero-order valence-electron chi connectivity index (χ0n) is 9.59. The number of alkyl halides is 6. The minimum absolute atomic E-state index is 0.0742. The Balaban J connectivity index is 2.39. The molecule has 1 amide bonds. The summed E-state index contributed by atoms with van der Waals surface area (Å²) in [6.07, 6.45) is -11.5. The molecule has 2 rings (SSSR count). The van der Waals surface area contributed by atoms with E-state index in [1.54, 1.807) is 0 Å². The topological polar surface area (TPSA) is 40.5 Å². The average molecular weight is 299 g/mol. The lowest BCUT2D eigenvalue weighted by atomic mass is 10.1.